The Balaban J connectivity index is 2.81. The first kappa shape index (κ1) is 14.4. The summed E-state index contributed by atoms with van der Waals surface area (Å²) in [7, 11) is 0.112. The van der Waals surface area contributed by atoms with E-state index in [-0.39, 0.29) is 6.04 Å². The molecule has 1 fully saturated rings. The van der Waals surface area contributed by atoms with Crippen LogP contribution in [-0.4, -0.2) is 56.1 Å². The molecule has 6 heteroatoms. The molecule has 0 aliphatic carbocycles. The van der Waals surface area contributed by atoms with Gasteiger partial charge in [0.15, 0.2) is 5.25 Å². The lowest BCUT2D eigenvalue weighted by Gasteiger charge is -2.35. The molecule has 98 valence electrons. The van der Waals surface area contributed by atoms with Gasteiger partial charge >= 0.3 is 0 Å². The zero-order chi connectivity index (χ0) is 13.1. The summed E-state index contributed by atoms with van der Waals surface area (Å²) < 4.78 is 25.8. The normalized spacial score (nSPS) is 24.5. The first-order valence-electron chi connectivity index (χ1n) is 5.98. The highest BCUT2D eigenvalue weighted by atomic mass is 32.2. The fraction of sp³-hybridized carbons (Fsp3) is 0.909. The molecule has 1 aliphatic rings. The second-order valence-electron chi connectivity index (χ2n) is 4.65. The lowest BCUT2D eigenvalue weighted by Crippen LogP contribution is -2.49. The predicted octanol–water partition coefficient (Wildman–Crippen LogP) is 0.644. The van der Waals surface area contributed by atoms with Crippen molar-refractivity contribution in [3.05, 3.63) is 0 Å². The van der Waals surface area contributed by atoms with Crippen LogP contribution in [0.5, 0.6) is 0 Å². The zero-order valence-corrected chi connectivity index (χ0v) is 11.6. The summed E-state index contributed by atoms with van der Waals surface area (Å²) in [5.41, 5.74) is 0. The molecule has 17 heavy (non-hydrogen) atoms. The molecule has 0 aromatic carbocycles. The van der Waals surface area contributed by atoms with E-state index in [2.05, 4.69) is 4.90 Å². The number of hydrogen-bond donors (Lipinski definition) is 0. The van der Waals surface area contributed by atoms with Gasteiger partial charge in [0.2, 0.25) is 10.0 Å². The number of hydrogen-bond acceptors (Lipinski definition) is 4. The van der Waals surface area contributed by atoms with Crippen molar-refractivity contribution in [3.63, 3.8) is 0 Å². The smallest absolute Gasteiger partial charge is 0.230 e. The molecular weight excluding hydrogens is 238 g/mol. The van der Waals surface area contributed by atoms with E-state index in [1.807, 2.05) is 13.1 Å². The summed E-state index contributed by atoms with van der Waals surface area (Å²) in [6.45, 7) is 3.49. The van der Waals surface area contributed by atoms with E-state index >= 15 is 0 Å². The molecule has 0 bridgehead atoms. The van der Waals surface area contributed by atoms with Gasteiger partial charge in [0.1, 0.15) is 0 Å². The van der Waals surface area contributed by atoms with Crippen LogP contribution in [0.25, 0.3) is 0 Å². The molecule has 1 heterocycles. The third-order valence-electron chi connectivity index (χ3n) is 3.39. The standard InChI is InChI=1S/C11H21N3O2S/c1-4-11(8-12)17(15,16)14(3)10-6-5-7-13(2)9-10/h10-11H,4-7,9H2,1-3H3. The van der Waals surface area contributed by atoms with E-state index in [1.54, 1.807) is 14.0 Å². The molecule has 1 saturated heterocycles. The molecule has 2 atom stereocenters. The quantitative estimate of drug-likeness (QED) is 0.743. The van der Waals surface area contributed by atoms with Crippen LogP contribution in [0.15, 0.2) is 0 Å². The SMILES string of the molecule is CCC(C#N)S(=O)(=O)N(C)C1CCCN(C)C1. The molecule has 0 spiro atoms. The molecule has 0 aromatic rings. The Morgan fingerprint density at radius 1 is 1.59 bits per heavy atom. The van der Waals surface area contributed by atoms with Crippen LogP contribution < -0.4 is 0 Å². The van der Waals surface area contributed by atoms with Crippen molar-refractivity contribution in [1.29, 1.82) is 5.26 Å². The van der Waals surface area contributed by atoms with Crippen LogP contribution in [-0.2, 0) is 10.0 Å². The third-order valence-corrected chi connectivity index (χ3v) is 5.65. The highest BCUT2D eigenvalue weighted by molar-refractivity contribution is 7.90. The molecule has 1 rings (SSSR count). The summed E-state index contributed by atoms with van der Waals surface area (Å²) in [5.74, 6) is 0. The van der Waals surface area contributed by atoms with Gasteiger partial charge in [-0.2, -0.15) is 9.57 Å². The number of likely N-dealkylation sites (tertiary alicyclic amines) is 1. The number of piperidine rings is 1. The van der Waals surface area contributed by atoms with E-state index in [9.17, 15) is 8.42 Å². The summed E-state index contributed by atoms with van der Waals surface area (Å²) in [6, 6.07) is 1.88. The lowest BCUT2D eigenvalue weighted by atomic mass is 10.1. The van der Waals surface area contributed by atoms with Crippen LogP contribution in [0.3, 0.4) is 0 Å². The molecule has 1 aliphatic heterocycles. The van der Waals surface area contributed by atoms with Crippen LogP contribution in [0.1, 0.15) is 26.2 Å². The van der Waals surface area contributed by atoms with Gasteiger partial charge in [0.05, 0.1) is 6.07 Å². The van der Waals surface area contributed by atoms with Crippen LogP contribution >= 0.6 is 0 Å². The van der Waals surface area contributed by atoms with Crippen molar-refractivity contribution in [2.24, 2.45) is 0 Å². The van der Waals surface area contributed by atoms with Crippen molar-refractivity contribution in [3.8, 4) is 6.07 Å². The Morgan fingerprint density at radius 3 is 2.71 bits per heavy atom. The molecule has 2 unspecified atom stereocenters. The first-order valence-corrected chi connectivity index (χ1v) is 7.48. The van der Waals surface area contributed by atoms with Gasteiger partial charge in [-0.25, -0.2) is 8.42 Å². The summed E-state index contributed by atoms with van der Waals surface area (Å²) in [5, 5.41) is 7.98. The first-order chi connectivity index (χ1) is 7.93. The minimum Gasteiger partial charge on any atom is -0.305 e. The fourth-order valence-electron chi connectivity index (χ4n) is 2.21. The number of sulfonamides is 1. The van der Waals surface area contributed by atoms with E-state index in [4.69, 9.17) is 5.26 Å². The number of rotatable bonds is 4. The van der Waals surface area contributed by atoms with Gasteiger partial charge in [-0.15, -0.1) is 0 Å². The second kappa shape index (κ2) is 5.80. The highest BCUT2D eigenvalue weighted by Crippen LogP contribution is 2.19. The average molecular weight is 259 g/mol. The minimum absolute atomic E-state index is 0.00106. The predicted molar refractivity (Wildman–Crippen MR) is 66.9 cm³/mol. The monoisotopic (exact) mass is 259 g/mol. The lowest BCUT2D eigenvalue weighted by molar-refractivity contribution is 0.187. The van der Waals surface area contributed by atoms with Gasteiger partial charge in [0.25, 0.3) is 0 Å². The van der Waals surface area contributed by atoms with Crippen LogP contribution in [0.2, 0.25) is 0 Å². The van der Waals surface area contributed by atoms with Crippen LogP contribution in [0, 0.1) is 11.3 Å². The van der Waals surface area contributed by atoms with Gasteiger partial charge < -0.3 is 4.90 Å². The van der Waals surface area contributed by atoms with E-state index in [0.29, 0.717) is 6.42 Å². The summed E-state index contributed by atoms with van der Waals surface area (Å²) in [4.78, 5) is 2.13. The molecule has 0 aromatic heterocycles. The second-order valence-corrected chi connectivity index (χ2v) is 6.82. The van der Waals surface area contributed by atoms with E-state index in [1.165, 1.54) is 4.31 Å². The highest BCUT2D eigenvalue weighted by Gasteiger charge is 2.34. The Kier molecular flexibility index (Phi) is 4.92. The minimum atomic E-state index is -3.48. The van der Waals surface area contributed by atoms with Crippen LogP contribution in [0.4, 0.5) is 0 Å². The van der Waals surface area contributed by atoms with Crippen molar-refractivity contribution in [1.82, 2.24) is 9.21 Å². The maximum atomic E-state index is 12.2. The maximum absolute atomic E-state index is 12.2. The number of nitriles is 1. The van der Waals surface area contributed by atoms with Crippen molar-refractivity contribution >= 4 is 10.0 Å². The van der Waals surface area contributed by atoms with Gasteiger partial charge in [0, 0.05) is 19.6 Å². The Hall–Kier alpha value is -0.640. The number of likely N-dealkylation sites (N-methyl/N-ethyl adjacent to an activating group) is 2. The topological polar surface area (TPSA) is 64.4 Å². The van der Waals surface area contributed by atoms with Gasteiger partial charge in [-0.05, 0) is 32.9 Å². The van der Waals surface area contributed by atoms with Crippen molar-refractivity contribution < 1.29 is 8.42 Å². The summed E-state index contributed by atoms with van der Waals surface area (Å²) >= 11 is 0. The molecule has 0 saturated carbocycles. The van der Waals surface area contributed by atoms with E-state index in [0.717, 1.165) is 25.9 Å². The third kappa shape index (κ3) is 3.18. The Labute approximate surface area is 104 Å². The average Bonchev–Trinajstić information content (AvgIpc) is 2.29. The maximum Gasteiger partial charge on any atom is 0.230 e. The van der Waals surface area contributed by atoms with Gasteiger partial charge in [-0.1, -0.05) is 6.92 Å². The van der Waals surface area contributed by atoms with Gasteiger partial charge in [-0.3, -0.25) is 0 Å². The largest absolute Gasteiger partial charge is 0.305 e. The zero-order valence-electron chi connectivity index (χ0n) is 10.8. The molecule has 5 nitrogen and oxygen atoms in total. The molecule has 0 radical (unpaired) electrons. The van der Waals surface area contributed by atoms with Crippen molar-refractivity contribution in [2.75, 3.05) is 27.2 Å². The molecule has 0 N–H and O–H groups in total. The van der Waals surface area contributed by atoms with E-state index < -0.39 is 15.3 Å². The van der Waals surface area contributed by atoms with Crippen molar-refractivity contribution in [2.45, 2.75) is 37.5 Å². The Bertz CT molecular complexity index is 388. The molecular formula is C11H21N3O2S. The Morgan fingerprint density at radius 2 is 2.24 bits per heavy atom. The number of nitrogens with zero attached hydrogens (tertiary/aromatic N) is 3. The molecule has 0 amide bonds. The fourth-order valence-corrected chi connectivity index (χ4v) is 3.76. The summed E-state index contributed by atoms with van der Waals surface area (Å²) in [6.07, 6.45) is 2.22.